The van der Waals surface area contributed by atoms with Crippen LogP contribution in [-0.4, -0.2) is 49.2 Å². The summed E-state index contributed by atoms with van der Waals surface area (Å²) < 4.78 is 83.5. The number of allylic oxidation sites excluding steroid dienone is 1. The van der Waals surface area contributed by atoms with Crippen molar-refractivity contribution in [3.8, 4) is 5.69 Å². The number of halogens is 4. The first-order valence-corrected chi connectivity index (χ1v) is 15.1. The lowest BCUT2D eigenvalue weighted by atomic mass is 9.61. The molecular formula is C29H26F4N6O3S. The van der Waals surface area contributed by atoms with Crippen molar-refractivity contribution in [2.45, 2.75) is 62.0 Å². The van der Waals surface area contributed by atoms with Gasteiger partial charge >= 0.3 is 6.18 Å². The zero-order valence-electron chi connectivity index (χ0n) is 23.1. The second kappa shape index (κ2) is 10.2. The first-order valence-electron chi connectivity index (χ1n) is 13.6. The van der Waals surface area contributed by atoms with Gasteiger partial charge in [0, 0.05) is 6.20 Å². The number of alkyl halides is 3. The summed E-state index contributed by atoms with van der Waals surface area (Å²) in [5, 5.41) is 11.4. The quantitative estimate of drug-likeness (QED) is 0.210. The molecule has 9 nitrogen and oxygen atoms in total. The first-order chi connectivity index (χ1) is 20.3. The summed E-state index contributed by atoms with van der Waals surface area (Å²) in [6, 6.07) is 6.99. The number of hydrogen-bond acceptors (Lipinski definition) is 7. The number of fused-ring (bicyclic) bond motifs is 2. The molecule has 0 bridgehead atoms. The molecular weight excluding hydrogens is 588 g/mol. The third-order valence-corrected chi connectivity index (χ3v) is 10.2. The topological polar surface area (TPSA) is 113 Å². The number of ketones is 1. The van der Waals surface area contributed by atoms with Crippen molar-refractivity contribution >= 4 is 21.7 Å². The molecule has 0 N–H and O–H groups in total. The van der Waals surface area contributed by atoms with Crippen molar-refractivity contribution in [1.82, 2.24) is 29.8 Å². The van der Waals surface area contributed by atoms with Crippen LogP contribution in [0.4, 0.5) is 17.6 Å². The van der Waals surface area contributed by atoms with Crippen LogP contribution in [0, 0.1) is 11.2 Å². The van der Waals surface area contributed by atoms with E-state index >= 15 is 0 Å². The van der Waals surface area contributed by atoms with E-state index in [9.17, 15) is 30.8 Å². The SMILES string of the molecule is CC(C)n1ncc(S(=O)(=O)[C@H]2CCC3=Cc4c(cnn4-c4ccc(F)cc4)C[C@]3(C(=O)c3cc(C(F)(F)F)ccn3)C2)n1. The van der Waals surface area contributed by atoms with Gasteiger partial charge in [0.1, 0.15) is 11.5 Å². The zero-order valence-corrected chi connectivity index (χ0v) is 23.9. The van der Waals surface area contributed by atoms with Gasteiger partial charge in [0.2, 0.25) is 9.84 Å². The van der Waals surface area contributed by atoms with E-state index in [4.69, 9.17) is 0 Å². The number of rotatable bonds is 6. The molecule has 1 aromatic carbocycles. The Kier molecular flexibility index (Phi) is 6.86. The van der Waals surface area contributed by atoms with Crippen LogP contribution >= 0.6 is 0 Å². The molecule has 224 valence electrons. The van der Waals surface area contributed by atoms with Crippen LogP contribution in [0.3, 0.4) is 0 Å². The van der Waals surface area contributed by atoms with Crippen molar-refractivity contribution in [1.29, 1.82) is 0 Å². The van der Waals surface area contributed by atoms with E-state index < -0.39 is 49.5 Å². The third-order valence-electron chi connectivity index (χ3n) is 8.12. The molecule has 0 aliphatic heterocycles. The van der Waals surface area contributed by atoms with E-state index in [2.05, 4.69) is 20.3 Å². The Hall–Kier alpha value is -4.20. The van der Waals surface area contributed by atoms with Crippen molar-refractivity contribution in [2.75, 3.05) is 0 Å². The number of carbonyl (C=O) groups is 1. The molecule has 1 saturated carbocycles. The molecule has 6 rings (SSSR count). The van der Waals surface area contributed by atoms with Crippen LogP contribution in [0.25, 0.3) is 11.8 Å². The van der Waals surface area contributed by atoms with Gasteiger partial charge in [-0.3, -0.25) is 9.78 Å². The lowest BCUT2D eigenvalue weighted by Gasteiger charge is -2.43. The predicted octanol–water partition coefficient (Wildman–Crippen LogP) is 5.43. The average molecular weight is 615 g/mol. The van der Waals surface area contributed by atoms with E-state index in [1.165, 1.54) is 29.3 Å². The van der Waals surface area contributed by atoms with Crippen LogP contribution in [0.15, 0.2) is 65.6 Å². The maximum Gasteiger partial charge on any atom is 0.416 e. The molecule has 4 aromatic rings. The molecule has 2 aliphatic carbocycles. The predicted molar refractivity (Wildman–Crippen MR) is 146 cm³/mol. The number of pyridine rings is 1. The lowest BCUT2D eigenvalue weighted by Crippen LogP contribution is -2.46. The Morgan fingerprint density at radius 2 is 1.84 bits per heavy atom. The number of sulfone groups is 1. The Morgan fingerprint density at radius 1 is 1.09 bits per heavy atom. The monoisotopic (exact) mass is 614 g/mol. The van der Waals surface area contributed by atoms with Crippen molar-refractivity contribution in [3.63, 3.8) is 0 Å². The van der Waals surface area contributed by atoms with Crippen LogP contribution in [-0.2, 0) is 22.4 Å². The van der Waals surface area contributed by atoms with Crippen LogP contribution in [0.2, 0.25) is 0 Å². The largest absolute Gasteiger partial charge is 0.416 e. The summed E-state index contributed by atoms with van der Waals surface area (Å²) in [7, 11) is -4.06. The zero-order chi connectivity index (χ0) is 30.7. The normalized spacial score (nSPS) is 20.4. The Morgan fingerprint density at radius 3 is 2.51 bits per heavy atom. The minimum atomic E-state index is -4.70. The molecule has 1 fully saturated rings. The number of benzene rings is 1. The molecule has 0 saturated heterocycles. The summed E-state index contributed by atoms with van der Waals surface area (Å²) >= 11 is 0. The number of hydrogen-bond donors (Lipinski definition) is 0. The number of nitrogens with zero attached hydrogens (tertiary/aromatic N) is 6. The Balaban J connectivity index is 1.45. The Labute approximate surface area is 244 Å². The molecule has 3 aromatic heterocycles. The van der Waals surface area contributed by atoms with Crippen LogP contribution in [0.1, 0.15) is 66.5 Å². The van der Waals surface area contributed by atoms with E-state index in [1.54, 1.807) is 36.7 Å². The second-order valence-electron chi connectivity index (χ2n) is 11.1. The summed E-state index contributed by atoms with van der Waals surface area (Å²) in [5.41, 5.74) is -0.559. The fourth-order valence-corrected chi connectivity index (χ4v) is 7.57. The molecule has 0 radical (unpaired) electrons. The van der Waals surface area contributed by atoms with Gasteiger partial charge in [0.05, 0.1) is 46.0 Å². The van der Waals surface area contributed by atoms with Gasteiger partial charge in [-0.1, -0.05) is 5.57 Å². The average Bonchev–Trinajstić information content (AvgIpc) is 3.64. The second-order valence-corrected chi connectivity index (χ2v) is 13.3. The third kappa shape index (κ3) is 4.96. The van der Waals surface area contributed by atoms with Crippen LogP contribution < -0.4 is 0 Å². The summed E-state index contributed by atoms with van der Waals surface area (Å²) in [4.78, 5) is 19.6. The van der Waals surface area contributed by atoms with E-state index in [0.717, 1.165) is 12.3 Å². The highest BCUT2D eigenvalue weighted by molar-refractivity contribution is 7.92. The highest BCUT2D eigenvalue weighted by Crippen LogP contribution is 2.52. The minimum Gasteiger partial charge on any atom is -0.291 e. The minimum absolute atomic E-state index is 0.00315. The van der Waals surface area contributed by atoms with Gasteiger partial charge in [-0.15, -0.1) is 5.10 Å². The van der Waals surface area contributed by atoms with Crippen LogP contribution in [0.5, 0.6) is 0 Å². The fraction of sp³-hybridized carbons (Fsp3) is 0.345. The Bertz CT molecular complexity index is 1860. The summed E-state index contributed by atoms with van der Waals surface area (Å²) in [6.45, 7) is 3.60. The van der Waals surface area contributed by atoms with Gasteiger partial charge in [-0.25, -0.2) is 17.5 Å². The smallest absolute Gasteiger partial charge is 0.291 e. The van der Waals surface area contributed by atoms with Gasteiger partial charge in [-0.05, 0) is 87.6 Å². The van der Waals surface area contributed by atoms with E-state index in [1.807, 2.05) is 0 Å². The summed E-state index contributed by atoms with van der Waals surface area (Å²) in [6.07, 6.45) is 0.836. The van der Waals surface area contributed by atoms with Gasteiger partial charge < -0.3 is 0 Å². The number of aromatic nitrogens is 6. The fourth-order valence-electron chi connectivity index (χ4n) is 5.90. The van der Waals surface area contributed by atoms with Gasteiger partial charge in [0.25, 0.3) is 0 Å². The van der Waals surface area contributed by atoms with E-state index in [0.29, 0.717) is 28.6 Å². The molecule has 43 heavy (non-hydrogen) atoms. The molecule has 0 unspecified atom stereocenters. The highest BCUT2D eigenvalue weighted by atomic mass is 32.2. The molecule has 2 aliphatic rings. The molecule has 3 heterocycles. The standard InChI is InChI=1S/C29H26F4N6O3S/c1-17(2)39-36-16-26(37-39)43(41,42)23-8-3-19-12-25-18(15-35-38(25)22-6-4-21(30)5-7-22)13-28(19,14-23)27(40)24-11-20(9-10-34-24)29(31,32)33/h4-7,9-12,15-17,23H,3,8,13-14H2,1-2H3/t23-,28-/m0/s1. The molecule has 14 heteroatoms. The molecule has 2 atom stereocenters. The van der Waals surface area contributed by atoms with Crippen molar-refractivity contribution in [3.05, 3.63) is 88.9 Å². The maximum absolute atomic E-state index is 14.3. The van der Waals surface area contributed by atoms with Gasteiger partial charge in [0.15, 0.2) is 10.8 Å². The summed E-state index contributed by atoms with van der Waals surface area (Å²) in [5.74, 6) is -1.12. The first kappa shape index (κ1) is 28.9. The van der Waals surface area contributed by atoms with Crippen molar-refractivity contribution < 1.29 is 30.8 Å². The maximum atomic E-state index is 14.3. The number of carbonyl (C=O) groups excluding carboxylic acids is 1. The molecule has 0 amide bonds. The molecule has 0 spiro atoms. The van der Waals surface area contributed by atoms with Gasteiger partial charge in [-0.2, -0.15) is 28.2 Å². The van der Waals surface area contributed by atoms with Crippen molar-refractivity contribution in [2.24, 2.45) is 5.41 Å². The lowest BCUT2D eigenvalue weighted by molar-refractivity contribution is -0.137. The highest BCUT2D eigenvalue weighted by Gasteiger charge is 2.52. The van der Waals surface area contributed by atoms with E-state index in [-0.39, 0.29) is 36.8 Å². The number of Topliss-reactive ketones (excluding diaryl/α,β-unsaturated/α-hetero) is 1.